The molecule has 0 aromatic heterocycles. The number of halogens is 2. The smallest absolute Gasteiger partial charge is 0.147 e. The summed E-state index contributed by atoms with van der Waals surface area (Å²) in [6, 6.07) is 4.42. The molecule has 0 radical (unpaired) electrons. The molecule has 0 N–H and O–H groups in total. The molecule has 1 rings (SSSR count). The highest BCUT2D eigenvalue weighted by atomic mass is 35.5. The van der Waals surface area contributed by atoms with Gasteiger partial charge < -0.3 is 4.90 Å². The van der Waals surface area contributed by atoms with Crippen LogP contribution in [-0.4, -0.2) is 13.1 Å². The van der Waals surface area contributed by atoms with Crippen molar-refractivity contribution >= 4 is 17.3 Å². The molecule has 0 fully saturated rings. The minimum atomic E-state index is -0.477. The second-order valence-corrected chi connectivity index (χ2v) is 3.78. The molecule has 19 heavy (non-hydrogen) atoms. The van der Waals surface area contributed by atoms with Crippen molar-refractivity contribution in [2.45, 2.75) is 13.8 Å². The van der Waals surface area contributed by atoms with Crippen molar-refractivity contribution in [1.29, 1.82) is 5.26 Å². The van der Waals surface area contributed by atoms with Gasteiger partial charge in [-0.15, -0.1) is 13.2 Å². The first-order valence-corrected chi connectivity index (χ1v) is 6.37. The average Bonchev–Trinajstić information content (AvgIpc) is 2.43. The predicted octanol–water partition coefficient (Wildman–Crippen LogP) is 4.56. The maximum atomic E-state index is 13.8. The van der Waals surface area contributed by atoms with Crippen molar-refractivity contribution in [3.05, 3.63) is 53.8 Å². The highest BCUT2D eigenvalue weighted by molar-refractivity contribution is 6.32. The molecule has 0 amide bonds. The lowest BCUT2D eigenvalue weighted by atomic mass is 10.2. The van der Waals surface area contributed by atoms with Gasteiger partial charge in [-0.2, -0.15) is 5.26 Å². The lowest BCUT2D eigenvalue weighted by molar-refractivity contribution is 0.622. The van der Waals surface area contributed by atoms with E-state index in [1.54, 1.807) is 17.1 Å². The van der Waals surface area contributed by atoms with Gasteiger partial charge in [-0.05, 0) is 12.1 Å². The number of hydrogen-bond donors (Lipinski definition) is 0. The quantitative estimate of drug-likeness (QED) is 0.740. The first-order valence-electron chi connectivity index (χ1n) is 6.00. The van der Waals surface area contributed by atoms with Crippen molar-refractivity contribution < 1.29 is 4.39 Å². The van der Waals surface area contributed by atoms with Crippen LogP contribution in [0, 0.1) is 17.1 Å². The van der Waals surface area contributed by atoms with Crippen LogP contribution in [0.5, 0.6) is 0 Å². The SMILES string of the molecule is C=CCN(CC=C)c1cc(Cl)c(C#N)cc1F.CC. The Balaban J connectivity index is 0.00000154. The lowest BCUT2D eigenvalue weighted by Gasteiger charge is -2.22. The fourth-order valence-corrected chi connectivity index (χ4v) is 1.65. The second-order valence-electron chi connectivity index (χ2n) is 3.38. The van der Waals surface area contributed by atoms with Crippen LogP contribution in [0.1, 0.15) is 19.4 Å². The van der Waals surface area contributed by atoms with Gasteiger partial charge in [0.25, 0.3) is 0 Å². The molecule has 0 saturated heterocycles. The maximum absolute atomic E-state index is 13.8. The summed E-state index contributed by atoms with van der Waals surface area (Å²) in [4.78, 5) is 1.72. The van der Waals surface area contributed by atoms with E-state index in [1.807, 2.05) is 19.9 Å². The summed E-state index contributed by atoms with van der Waals surface area (Å²) < 4.78 is 13.8. The molecule has 0 saturated carbocycles. The Kier molecular flexibility index (Phi) is 8.32. The fourth-order valence-electron chi connectivity index (χ4n) is 1.45. The highest BCUT2D eigenvalue weighted by Crippen LogP contribution is 2.26. The van der Waals surface area contributed by atoms with Gasteiger partial charge in [0.2, 0.25) is 0 Å². The molecule has 0 atom stereocenters. The molecular weight excluding hydrogens is 263 g/mol. The van der Waals surface area contributed by atoms with Gasteiger partial charge in [0.05, 0.1) is 16.3 Å². The summed E-state index contributed by atoms with van der Waals surface area (Å²) in [5.74, 6) is -0.477. The van der Waals surface area contributed by atoms with E-state index in [4.69, 9.17) is 16.9 Å². The molecule has 1 aromatic carbocycles. The zero-order valence-electron chi connectivity index (χ0n) is 11.3. The summed E-state index contributed by atoms with van der Waals surface area (Å²) in [6.45, 7) is 12.2. The van der Waals surface area contributed by atoms with E-state index in [0.717, 1.165) is 6.07 Å². The van der Waals surface area contributed by atoms with Crippen molar-refractivity contribution in [2.75, 3.05) is 18.0 Å². The summed E-state index contributed by atoms with van der Waals surface area (Å²) in [5.41, 5.74) is 0.471. The maximum Gasteiger partial charge on any atom is 0.147 e. The summed E-state index contributed by atoms with van der Waals surface area (Å²) >= 11 is 5.88. The largest absolute Gasteiger partial charge is 0.362 e. The zero-order chi connectivity index (χ0) is 14.8. The van der Waals surface area contributed by atoms with E-state index < -0.39 is 5.82 Å². The first kappa shape index (κ1) is 17.2. The number of rotatable bonds is 5. The van der Waals surface area contributed by atoms with Crippen LogP contribution in [0.2, 0.25) is 5.02 Å². The molecule has 0 heterocycles. The number of nitriles is 1. The fraction of sp³-hybridized carbons (Fsp3) is 0.267. The van der Waals surface area contributed by atoms with E-state index in [9.17, 15) is 4.39 Å². The molecule has 0 bridgehead atoms. The normalized spacial score (nSPS) is 8.79. The topological polar surface area (TPSA) is 27.0 Å². The van der Waals surface area contributed by atoms with Gasteiger partial charge in [-0.3, -0.25) is 0 Å². The third-order valence-electron chi connectivity index (χ3n) is 2.20. The Morgan fingerprint density at radius 2 is 1.84 bits per heavy atom. The van der Waals surface area contributed by atoms with Crippen molar-refractivity contribution in [2.24, 2.45) is 0 Å². The molecule has 0 aliphatic carbocycles. The summed E-state index contributed by atoms with van der Waals surface area (Å²) in [7, 11) is 0. The van der Waals surface area contributed by atoms with Gasteiger partial charge >= 0.3 is 0 Å². The first-order chi connectivity index (χ1) is 9.13. The van der Waals surface area contributed by atoms with Gasteiger partial charge in [0.1, 0.15) is 11.9 Å². The molecule has 102 valence electrons. The Labute approximate surface area is 119 Å². The van der Waals surface area contributed by atoms with Crippen LogP contribution >= 0.6 is 11.6 Å². The van der Waals surface area contributed by atoms with E-state index in [1.165, 1.54) is 6.07 Å². The molecule has 0 spiro atoms. The van der Waals surface area contributed by atoms with E-state index in [-0.39, 0.29) is 10.6 Å². The molecule has 4 heteroatoms. The Morgan fingerprint density at radius 3 is 2.26 bits per heavy atom. The summed E-state index contributed by atoms with van der Waals surface area (Å²) in [6.07, 6.45) is 3.32. The summed E-state index contributed by atoms with van der Waals surface area (Å²) in [5, 5.41) is 8.97. The third-order valence-corrected chi connectivity index (χ3v) is 2.51. The zero-order valence-corrected chi connectivity index (χ0v) is 12.0. The van der Waals surface area contributed by atoms with Gasteiger partial charge in [-0.25, -0.2) is 4.39 Å². The lowest BCUT2D eigenvalue weighted by Crippen LogP contribution is -2.24. The van der Waals surface area contributed by atoms with Crippen molar-refractivity contribution in [3.8, 4) is 6.07 Å². The monoisotopic (exact) mass is 280 g/mol. The van der Waals surface area contributed by atoms with Crippen LogP contribution in [0.3, 0.4) is 0 Å². The minimum absolute atomic E-state index is 0.130. The second kappa shape index (κ2) is 9.18. The van der Waals surface area contributed by atoms with E-state index in [2.05, 4.69) is 13.2 Å². The van der Waals surface area contributed by atoms with Gasteiger partial charge in [-0.1, -0.05) is 37.6 Å². The van der Waals surface area contributed by atoms with Crippen LogP contribution in [0.25, 0.3) is 0 Å². The standard InChI is InChI=1S/C13H12ClFN2.C2H6/c1-3-5-17(6-4-2)13-8-11(14)10(9-16)7-12(13)15;1-2/h3-4,7-8H,1-2,5-6H2;1-2H3. The molecular formula is C15H18ClFN2. The molecule has 0 unspecified atom stereocenters. The highest BCUT2D eigenvalue weighted by Gasteiger charge is 2.13. The van der Waals surface area contributed by atoms with Crippen molar-refractivity contribution in [1.82, 2.24) is 0 Å². The molecule has 0 aliphatic rings. The van der Waals surface area contributed by atoms with Gasteiger partial charge in [0, 0.05) is 13.1 Å². The number of anilines is 1. The average molecular weight is 281 g/mol. The van der Waals surface area contributed by atoms with E-state index >= 15 is 0 Å². The van der Waals surface area contributed by atoms with Gasteiger partial charge in [0.15, 0.2) is 0 Å². The minimum Gasteiger partial charge on any atom is -0.362 e. The van der Waals surface area contributed by atoms with Crippen molar-refractivity contribution in [3.63, 3.8) is 0 Å². The molecule has 2 nitrogen and oxygen atoms in total. The molecule has 1 aromatic rings. The number of benzene rings is 1. The molecule has 0 aliphatic heterocycles. The Bertz CT molecular complexity index is 468. The number of hydrogen-bond acceptors (Lipinski definition) is 2. The van der Waals surface area contributed by atoms with Crippen LogP contribution in [0.4, 0.5) is 10.1 Å². The van der Waals surface area contributed by atoms with Crippen LogP contribution in [0.15, 0.2) is 37.4 Å². The Morgan fingerprint density at radius 1 is 1.32 bits per heavy atom. The van der Waals surface area contributed by atoms with Crippen LogP contribution < -0.4 is 4.90 Å². The van der Waals surface area contributed by atoms with E-state index in [0.29, 0.717) is 18.8 Å². The number of nitrogens with zero attached hydrogens (tertiary/aromatic N) is 2. The predicted molar refractivity (Wildman–Crippen MR) is 80.1 cm³/mol. The Hall–Kier alpha value is -1.79. The third kappa shape index (κ3) is 4.76. The van der Waals surface area contributed by atoms with Crippen LogP contribution in [-0.2, 0) is 0 Å².